The molecular formula is C24H24FN3O2. The van der Waals surface area contributed by atoms with Gasteiger partial charge < -0.3 is 14.6 Å². The zero-order valence-corrected chi connectivity index (χ0v) is 17.3. The van der Waals surface area contributed by atoms with Crippen LogP contribution in [0.25, 0.3) is 11.5 Å². The van der Waals surface area contributed by atoms with E-state index in [1.807, 2.05) is 35.9 Å². The lowest BCUT2D eigenvalue weighted by molar-refractivity contribution is -0.118. The Morgan fingerprint density at radius 1 is 1.27 bits per heavy atom. The van der Waals surface area contributed by atoms with E-state index in [2.05, 4.69) is 16.4 Å². The number of ether oxygens (including phenoxy) is 1. The first kappa shape index (κ1) is 19.9. The molecule has 6 heteroatoms. The van der Waals surface area contributed by atoms with E-state index < -0.39 is 11.7 Å². The molecule has 1 aliphatic rings. The van der Waals surface area contributed by atoms with Crippen molar-refractivity contribution >= 4 is 11.7 Å². The van der Waals surface area contributed by atoms with Gasteiger partial charge in [-0.1, -0.05) is 24.3 Å². The van der Waals surface area contributed by atoms with Crippen LogP contribution in [0.2, 0.25) is 0 Å². The number of imidazole rings is 1. The van der Waals surface area contributed by atoms with Crippen molar-refractivity contribution in [3.8, 4) is 11.4 Å². The molecule has 0 bridgehead atoms. The summed E-state index contributed by atoms with van der Waals surface area (Å²) in [7, 11) is 1.53. The standard InChI is InChI=1S/C24H24FN3O2/c1-15-13-28(14-26-15)21-11-9-18(12-22(21)30-3)23(25)16(2)24(29)27-20-10-8-17-6-4-5-7-19(17)20/h4-7,9,11-14,20H,8,10H2,1-3H3,(H,27,29)/b23-16+. The maximum atomic E-state index is 15.1. The third-order valence-corrected chi connectivity index (χ3v) is 5.53. The Hall–Kier alpha value is -3.41. The summed E-state index contributed by atoms with van der Waals surface area (Å²) >= 11 is 0. The normalized spacial score (nSPS) is 16.1. The minimum Gasteiger partial charge on any atom is -0.495 e. The zero-order valence-electron chi connectivity index (χ0n) is 17.3. The van der Waals surface area contributed by atoms with Crippen LogP contribution >= 0.6 is 0 Å². The number of nitrogens with one attached hydrogen (secondary N) is 1. The van der Waals surface area contributed by atoms with Crippen molar-refractivity contribution in [3.63, 3.8) is 0 Å². The maximum absolute atomic E-state index is 15.1. The number of methoxy groups -OCH3 is 1. The Bertz CT molecular complexity index is 1130. The van der Waals surface area contributed by atoms with Crippen LogP contribution in [0.4, 0.5) is 4.39 Å². The summed E-state index contributed by atoms with van der Waals surface area (Å²) in [5.41, 5.74) is 4.31. The minimum atomic E-state index is -0.564. The van der Waals surface area contributed by atoms with Crippen LogP contribution in [0.15, 0.2) is 60.6 Å². The quantitative estimate of drug-likeness (QED) is 0.627. The maximum Gasteiger partial charge on any atom is 0.250 e. The first-order valence-electron chi connectivity index (χ1n) is 9.92. The molecule has 1 N–H and O–H groups in total. The second-order valence-electron chi connectivity index (χ2n) is 7.51. The molecular weight excluding hydrogens is 381 g/mol. The van der Waals surface area contributed by atoms with Crippen LogP contribution in [-0.2, 0) is 11.2 Å². The molecule has 1 aliphatic carbocycles. The lowest BCUT2D eigenvalue weighted by Crippen LogP contribution is -2.28. The van der Waals surface area contributed by atoms with E-state index in [-0.39, 0.29) is 11.6 Å². The first-order chi connectivity index (χ1) is 14.5. The molecule has 3 aromatic rings. The minimum absolute atomic E-state index is 0.0488. The van der Waals surface area contributed by atoms with Gasteiger partial charge in [-0.25, -0.2) is 9.37 Å². The lowest BCUT2D eigenvalue weighted by Gasteiger charge is -2.15. The van der Waals surface area contributed by atoms with Crippen LogP contribution in [0, 0.1) is 6.92 Å². The fourth-order valence-corrected chi connectivity index (χ4v) is 3.87. The van der Waals surface area contributed by atoms with Crippen LogP contribution < -0.4 is 10.1 Å². The highest BCUT2D eigenvalue weighted by Gasteiger charge is 2.25. The average Bonchev–Trinajstić information content (AvgIpc) is 3.38. The summed E-state index contributed by atoms with van der Waals surface area (Å²) in [5, 5.41) is 2.97. The Balaban J connectivity index is 1.58. The van der Waals surface area contributed by atoms with Gasteiger partial charge in [0, 0.05) is 11.8 Å². The number of nitrogens with zero attached hydrogens (tertiary/aromatic N) is 2. The molecule has 4 rings (SSSR count). The highest BCUT2D eigenvalue weighted by atomic mass is 19.1. The average molecular weight is 405 g/mol. The van der Waals surface area contributed by atoms with Crippen molar-refractivity contribution in [2.45, 2.75) is 32.7 Å². The first-order valence-corrected chi connectivity index (χ1v) is 9.92. The Morgan fingerprint density at radius 2 is 2.07 bits per heavy atom. The molecule has 0 radical (unpaired) electrons. The van der Waals surface area contributed by atoms with Crippen LogP contribution in [0.3, 0.4) is 0 Å². The Labute approximate surface area is 175 Å². The number of aromatic nitrogens is 2. The molecule has 1 atom stereocenters. The number of amides is 1. The molecule has 0 fully saturated rings. The summed E-state index contributed by atoms with van der Waals surface area (Å²) in [6.07, 6.45) is 5.28. The van der Waals surface area contributed by atoms with Crippen molar-refractivity contribution in [1.29, 1.82) is 0 Å². The van der Waals surface area contributed by atoms with Gasteiger partial charge >= 0.3 is 0 Å². The zero-order chi connectivity index (χ0) is 21.3. The number of fused-ring (bicyclic) bond motifs is 1. The summed E-state index contributed by atoms with van der Waals surface area (Å²) in [6, 6.07) is 13.0. The number of aryl methyl sites for hydroxylation is 2. The van der Waals surface area contributed by atoms with Gasteiger partial charge in [-0.05, 0) is 56.0 Å². The molecule has 0 aliphatic heterocycles. The summed E-state index contributed by atoms with van der Waals surface area (Å²) in [4.78, 5) is 16.9. The van der Waals surface area contributed by atoms with E-state index in [9.17, 15) is 4.79 Å². The predicted molar refractivity (Wildman–Crippen MR) is 114 cm³/mol. The molecule has 0 saturated carbocycles. The van der Waals surface area contributed by atoms with Crippen molar-refractivity contribution in [3.05, 3.63) is 82.9 Å². The summed E-state index contributed by atoms with van der Waals surface area (Å²) < 4.78 is 22.4. The number of hydrogen-bond donors (Lipinski definition) is 1. The van der Waals surface area contributed by atoms with Gasteiger partial charge in [0.25, 0.3) is 0 Å². The molecule has 5 nitrogen and oxygen atoms in total. The highest BCUT2D eigenvalue weighted by molar-refractivity contribution is 5.99. The third kappa shape index (κ3) is 3.73. The van der Waals surface area contributed by atoms with E-state index in [0.29, 0.717) is 11.3 Å². The summed E-state index contributed by atoms with van der Waals surface area (Å²) in [6.45, 7) is 3.40. The molecule has 1 aromatic heterocycles. The largest absolute Gasteiger partial charge is 0.495 e. The van der Waals surface area contributed by atoms with Crippen LogP contribution in [0.5, 0.6) is 5.75 Å². The van der Waals surface area contributed by atoms with E-state index >= 15 is 4.39 Å². The molecule has 154 valence electrons. The molecule has 0 spiro atoms. The van der Waals surface area contributed by atoms with Gasteiger partial charge in [0.1, 0.15) is 11.6 Å². The highest BCUT2D eigenvalue weighted by Crippen LogP contribution is 2.32. The van der Waals surface area contributed by atoms with Crippen molar-refractivity contribution in [1.82, 2.24) is 14.9 Å². The third-order valence-electron chi connectivity index (χ3n) is 5.53. The second-order valence-corrected chi connectivity index (χ2v) is 7.51. The predicted octanol–water partition coefficient (Wildman–Crippen LogP) is 4.69. The van der Waals surface area contributed by atoms with E-state index in [1.165, 1.54) is 19.6 Å². The topological polar surface area (TPSA) is 56.1 Å². The number of rotatable bonds is 5. The summed E-state index contributed by atoms with van der Waals surface area (Å²) in [5.74, 6) is -0.467. The van der Waals surface area contributed by atoms with Gasteiger partial charge in [-0.3, -0.25) is 4.79 Å². The van der Waals surface area contributed by atoms with Crippen LogP contribution in [0.1, 0.15) is 41.8 Å². The van der Waals surface area contributed by atoms with Gasteiger partial charge in [0.15, 0.2) is 0 Å². The molecule has 1 heterocycles. The monoisotopic (exact) mass is 405 g/mol. The smallest absolute Gasteiger partial charge is 0.250 e. The number of benzene rings is 2. The van der Waals surface area contributed by atoms with Crippen molar-refractivity contribution in [2.75, 3.05) is 7.11 Å². The molecule has 1 unspecified atom stereocenters. The molecule has 0 saturated heterocycles. The fraction of sp³-hybridized carbons (Fsp3) is 0.250. The fourth-order valence-electron chi connectivity index (χ4n) is 3.87. The SMILES string of the molecule is COc1cc(/C(F)=C(/C)C(=O)NC2CCc3ccccc32)ccc1-n1cnc(C)c1. The van der Waals surface area contributed by atoms with E-state index in [1.54, 1.807) is 24.5 Å². The van der Waals surface area contributed by atoms with Gasteiger partial charge in [-0.15, -0.1) is 0 Å². The number of carbonyl (C=O) groups is 1. The molecule has 2 aromatic carbocycles. The molecule has 30 heavy (non-hydrogen) atoms. The van der Waals surface area contributed by atoms with E-state index in [0.717, 1.165) is 29.8 Å². The van der Waals surface area contributed by atoms with E-state index in [4.69, 9.17) is 4.74 Å². The number of hydrogen-bond acceptors (Lipinski definition) is 3. The van der Waals surface area contributed by atoms with Crippen LogP contribution in [-0.4, -0.2) is 22.6 Å². The number of carbonyl (C=O) groups excluding carboxylic acids is 1. The van der Waals surface area contributed by atoms with Crippen molar-refractivity contribution < 1.29 is 13.9 Å². The van der Waals surface area contributed by atoms with Gasteiger partial charge in [0.05, 0.1) is 36.4 Å². The number of halogens is 1. The Morgan fingerprint density at radius 3 is 2.80 bits per heavy atom. The van der Waals surface area contributed by atoms with Gasteiger partial charge in [-0.2, -0.15) is 0 Å². The second kappa shape index (κ2) is 8.14. The molecule has 1 amide bonds. The van der Waals surface area contributed by atoms with Crippen molar-refractivity contribution in [2.24, 2.45) is 0 Å². The Kier molecular flexibility index (Phi) is 5.40. The lowest BCUT2D eigenvalue weighted by atomic mass is 10.1. The van der Waals surface area contributed by atoms with Gasteiger partial charge in [0.2, 0.25) is 5.91 Å².